The predicted molar refractivity (Wildman–Crippen MR) is 326 cm³/mol. The summed E-state index contributed by atoms with van der Waals surface area (Å²) in [6, 6.07) is 34.9. The summed E-state index contributed by atoms with van der Waals surface area (Å²) < 4.78 is 44.3. The first kappa shape index (κ1) is 59.6. The van der Waals surface area contributed by atoms with Gasteiger partial charge in [-0.1, -0.05) is 65.5 Å². The molecule has 5 aromatic carbocycles. The Morgan fingerprint density at radius 3 is 1.58 bits per heavy atom. The van der Waals surface area contributed by atoms with E-state index in [1.54, 1.807) is 65.6 Å². The van der Waals surface area contributed by atoms with Crippen molar-refractivity contribution in [2.75, 3.05) is 93.5 Å². The van der Waals surface area contributed by atoms with E-state index in [4.69, 9.17) is 74.8 Å². The van der Waals surface area contributed by atoms with Crippen molar-refractivity contribution < 1.29 is 33.2 Å². The number of hydrogen-bond donors (Lipinski definition) is 0. The number of carbonyl (C=O) groups excluding carboxylic acids is 1. The van der Waals surface area contributed by atoms with Crippen LogP contribution >= 0.6 is 46.4 Å². The van der Waals surface area contributed by atoms with Crippen LogP contribution in [0.2, 0.25) is 20.1 Å². The average molecular weight is 1240 g/mol. The lowest BCUT2D eigenvalue weighted by atomic mass is 10.1. The molecule has 1 unspecified atom stereocenters. The molecule has 12 rings (SSSR count). The molecule has 4 aliphatic rings. The lowest BCUT2D eigenvalue weighted by Crippen LogP contribution is -2.48. The number of aromatic nitrogens is 8. The number of piperazine rings is 2. The Morgan fingerprint density at radius 2 is 1.12 bits per heavy atom. The second-order valence-electron chi connectivity index (χ2n) is 21.3. The zero-order valence-corrected chi connectivity index (χ0v) is 50.4. The molecule has 4 aliphatic heterocycles. The zero-order chi connectivity index (χ0) is 59.1. The number of halogens is 4. The molecule has 20 nitrogen and oxygen atoms in total. The third-order valence-electron chi connectivity index (χ3n) is 15.7. The van der Waals surface area contributed by atoms with Gasteiger partial charge in [0, 0.05) is 110 Å². The number of amides is 1. The molecule has 0 radical (unpaired) electrons. The maximum Gasteiger partial charge on any atom is 0.350 e. The topological polar surface area (TPSA) is 174 Å². The summed E-state index contributed by atoms with van der Waals surface area (Å²) in [4.78, 5) is 41.4. The molecule has 3 aromatic heterocycles. The molecule has 0 spiro atoms. The van der Waals surface area contributed by atoms with E-state index in [0.717, 1.165) is 93.0 Å². The van der Waals surface area contributed by atoms with Gasteiger partial charge in [-0.2, -0.15) is 10.2 Å². The Morgan fingerprint density at radius 1 is 0.624 bits per heavy atom. The number of imidazole rings is 1. The van der Waals surface area contributed by atoms with Gasteiger partial charge < -0.3 is 52.6 Å². The van der Waals surface area contributed by atoms with E-state index < -0.39 is 11.6 Å². The normalized spacial score (nSPS) is 21.0. The standard InChI is InChI=1S/C35H38Cl2N8O4.C26H28Cl2N4O4/c1-3-25(2)45-34(46)44(24-40-45)29-7-5-27(6-8-29)41-14-16-42(17-15-41)28-9-11-30(12-10-28)47-19-31-20-48-35(49-31,21-43-23-38-22-39-43)32-13-4-26(36)18-33(32)37;1-19(33)31-10-12-32(13-11-31)21-3-5-22(6-4-21)34-15-23-16-35-26(36-23,17-30-9-8-29-18-30)24-7-2-20(27)14-25(24)28/h4-13,18,22-25,31H,3,14-17,19-21H2,1-2H3;2-9,14,18,23H,10-13,15-17H2,1H3/t25?,31-,35-;23-,26-/m00/s1. The fourth-order valence-electron chi connectivity index (χ4n) is 10.8. The van der Waals surface area contributed by atoms with Gasteiger partial charge in [-0.05, 0) is 110 Å². The molecule has 85 heavy (non-hydrogen) atoms. The Bertz CT molecular complexity index is 3540. The van der Waals surface area contributed by atoms with Crippen LogP contribution in [0.15, 0.2) is 152 Å². The Kier molecular flexibility index (Phi) is 18.7. The lowest BCUT2D eigenvalue weighted by molar-refractivity contribution is -0.190. The Balaban J connectivity index is 0.000000186. The highest BCUT2D eigenvalue weighted by Gasteiger charge is 2.47. The van der Waals surface area contributed by atoms with Crippen molar-refractivity contribution in [2.45, 2.75) is 70.1 Å². The monoisotopic (exact) mass is 1230 g/mol. The molecule has 4 fully saturated rings. The molecule has 0 bridgehead atoms. The third-order valence-corrected chi connectivity index (χ3v) is 16.8. The van der Waals surface area contributed by atoms with Crippen LogP contribution in [0.5, 0.6) is 11.5 Å². The molecule has 1 amide bonds. The molecular formula is C61H66Cl4N12O8. The quantitative estimate of drug-likeness (QED) is 0.0794. The van der Waals surface area contributed by atoms with Gasteiger partial charge in [0.1, 0.15) is 62.4 Å². The molecule has 446 valence electrons. The number of anilines is 3. The van der Waals surface area contributed by atoms with Crippen LogP contribution < -0.4 is 29.9 Å². The molecule has 8 aromatic rings. The minimum Gasteiger partial charge on any atom is -0.491 e. The highest BCUT2D eigenvalue weighted by Crippen LogP contribution is 2.42. The summed E-state index contributed by atoms with van der Waals surface area (Å²) in [6.45, 7) is 14.3. The molecule has 0 aliphatic carbocycles. The highest BCUT2D eigenvalue weighted by molar-refractivity contribution is 6.35. The fourth-order valence-corrected chi connectivity index (χ4v) is 11.9. The van der Waals surface area contributed by atoms with Gasteiger partial charge in [-0.15, -0.1) is 0 Å². The first-order valence-electron chi connectivity index (χ1n) is 28.3. The smallest absolute Gasteiger partial charge is 0.350 e. The number of hydrogen-bond acceptors (Lipinski definition) is 15. The van der Waals surface area contributed by atoms with Gasteiger partial charge in [-0.3, -0.25) is 4.79 Å². The van der Waals surface area contributed by atoms with Crippen molar-refractivity contribution in [3.8, 4) is 17.2 Å². The minimum absolute atomic E-state index is 0.0645. The van der Waals surface area contributed by atoms with Crippen LogP contribution in [0.1, 0.15) is 44.4 Å². The van der Waals surface area contributed by atoms with Crippen LogP contribution in [0, 0.1) is 0 Å². The summed E-state index contributed by atoms with van der Waals surface area (Å²) in [5.74, 6) is -0.611. The van der Waals surface area contributed by atoms with Crippen molar-refractivity contribution in [3.05, 3.63) is 189 Å². The van der Waals surface area contributed by atoms with E-state index >= 15 is 0 Å². The average Bonchev–Trinajstić information content (AvgIpc) is 2.66. The Hall–Kier alpha value is -7.14. The van der Waals surface area contributed by atoms with Gasteiger partial charge in [0.25, 0.3) is 0 Å². The summed E-state index contributed by atoms with van der Waals surface area (Å²) in [5.41, 5.74) is 5.46. The molecule has 0 saturated carbocycles. The summed E-state index contributed by atoms with van der Waals surface area (Å²) in [7, 11) is 0. The lowest BCUT2D eigenvalue weighted by Gasteiger charge is -2.37. The van der Waals surface area contributed by atoms with Crippen LogP contribution in [-0.4, -0.2) is 140 Å². The van der Waals surface area contributed by atoms with E-state index in [9.17, 15) is 9.59 Å². The zero-order valence-electron chi connectivity index (χ0n) is 47.3. The van der Waals surface area contributed by atoms with E-state index in [2.05, 4.69) is 59.1 Å². The van der Waals surface area contributed by atoms with Crippen LogP contribution in [-0.2, 0) is 48.4 Å². The van der Waals surface area contributed by atoms with Crippen LogP contribution in [0.25, 0.3) is 5.69 Å². The van der Waals surface area contributed by atoms with E-state index in [-0.39, 0.29) is 36.4 Å². The molecule has 24 heteroatoms. The van der Waals surface area contributed by atoms with Crippen molar-refractivity contribution >= 4 is 69.4 Å². The summed E-state index contributed by atoms with van der Waals surface area (Å²) >= 11 is 25.4. The van der Waals surface area contributed by atoms with Crippen molar-refractivity contribution in [1.29, 1.82) is 0 Å². The second-order valence-corrected chi connectivity index (χ2v) is 23.0. The fraction of sp³-hybridized carbons (Fsp3) is 0.377. The van der Waals surface area contributed by atoms with Gasteiger partial charge >= 0.3 is 5.69 Å². The van der Waals surface area contributed by atoms with Crippen molar-refractivity contribution in [1.82, 2.24) is 43.6 Å². The Labute approximate surface area is 512 Å². The number of nitrogens with zero attached hydrogens (tertiary/aromatic N) is 12. The van der Waals surface area contributed by atoms with E-state index in [1.165, 1.54) is 11.0 Å². The minimum atomic E-state index is -1.16. The second kappa shape index (κ2) is 26.6. The van der Waals surface area contributed by atoms with Gasteiger partial charge in [-0.25, -0.2) is 28.7 Å². The highest BCUT2D eigenvalue weighted by atomic mass is 35.5. The summed E-state index contributed by atoms with van der Waals surface area (Å²) in [6.07, 6.45) is 10.2. The van der Waals surface area contributed by atoms with E-state index in [0.29, 0.717) is 64.2 Å². The molecule has 4 saturated heterocycles. The first-order valence-corrected chi connectivity index (χ1v) is 29.8. The van der Waals surface area contributed by atoms with Crippen molar-refractivity contribution in [2.24, 2.45) is 0 Å². The predicted octanol–water partition coefficient (Wildman–Crippen LogP) is 9.78. The van der Waals surface area contributed by atoms with Gasteiger partial charge in [0.15, 0.2) is 0 Å². The first-order chi connectivity index (χ1) is 41.2. The van der Waals surface area contributed by atoms with Gasteiger partial charge in [0.05, 0.1) is 47.9 Å². The largest absolute Gasteiger partial charge is 0.491 e. The molecule has 7 heterocycles. The molecule has 0 N–H and O–H groups in total. The van der Waals surface area contributed by atoms with E-state index in [1.807, 2.05) is 90.2 Å². The maximum atomic E-state index is 12.8. The van der Waals surface area contributed by atoms with Gasteiger partial charge in [0.2, 0.25) is 17.5 Å². The number of ether oxygens (including phenoxy) is 6. The summed E-state index contributed by atoms with van der Waals surface area (Å²) in [5, 5.41) is 10.5. The SMILES string of the molecule is CC(=O)N1CCN(c2ccc(OC[C@H]3CO[C@](Cn4ccnc4)(c4ccc(Cl)cc4Cl)O3)cc2)CC1.CCC(C)n1ncn(-c2ccc(N3CCN(c4ccc(OC[C@H]5CO[C@](Cn6cncn6)(c6ccc(Cl)cc6Cl)O5)cc4)CC3)cc2)c1=O. The molecular weight excluding hydrogens is 1170 g/mol. The maximum absolute atomic E-state index is 12.8. The molecule has 5 atom stereocenters. The third kappa shape index (κ3) is 13.9. The number of rotatable bonds is 18. The van der Waals surface area contributed by atoms with Crippen molar-refractivity contribution in [3.63, 3.8) is 0 Å². The number of benzene rings is 5. The number of carbonyl (C=O) groups is 1. The van der Waals surface area contributed by atoms with Crippen LogP contribution in [0.3, 0.4) is 0 Å². The van der Waals surface area contributed by atoms with Crippen LogP contribution in [0.4, 0.5) is 17.1 Å².